The third kappa shape index (κ3) is 2.64. The summed E-state index contributed by atoms with van der Waals surface area (Å²) >= 11 is 1.44. The normalized spacial score (nSPS) is 18.6. The smallest absolute Gasteiger partial charge is 0.240 e. The summed E-state index contributed by atoms with van der Waals surface area (Å²) in [6, 6.07) is 7.45. The highest BCUT2D eigenvalue weighted by atomic mass is 32.2. The molecule has 2 aromatic rings. The minimum absolute atomic E-state index is 0.161. The van der Waals surface area contributed by atoms with Gasteiger partial charge in [-0.3, -0.25) is 9.73 Å². The van der Waals surface area contributed by atoms with Gasteiger partial charge in [-0.2, -0.15) is 5.10 Å². The Hall–Kier alpha value is -1.93. The molecule has 3 rings (SSSR count). The predicted molar refractivity (Wildman–Crippen MR) is 83.1 cm³/mol. The maximum Gasteiger partial charge on any atom is 0.240 e. The van der Waals surface area contributed by atoms with Crippen LogP contribution in [0.25, 0.3) is 0 Å². The molecule has 0 amide bonds. The monoisotopic (exact) mass is 325 g/mol. The van der Waals surface area contributed by atoms with Gasteiger partial charge in [0.25, 0.3) is 0 Å². The van der Waals surface area contributed by atoms with Crippen molar-refractivity contribution in [2.75, 3.05) is 22.5 Å². The Morgan fingerprint density at radius 2 is 2.00 bits per heavy atom. The van der Waals surface area contributed by atoms with E-state index in [9.17, 15) is 12.8 Å². The Kier molecular flexibility index (Phi) is 3.42. The number of hydrogen-bond donors (Lipinski definition) is 1. The number of benzene rings is 1. The van der Waals surface area contributed by atoms with E-state index in [4.69, 9.17) is 0 Å². The zero-order chi connectivity index (χ0) is 15.0. The molecule has 0 saturated carbocycles. The molecular weight excluding hydrogens is 313 g/mol. The van der Waals surface area contributed by atoms with Gasteiger partial charge < -0.3 is 0 Å². The fourth-order valence-electron chi connectivity index (χ4n) is 1.99. The molecule has 0 aliphatic carbocycles. The third-order valence-electron chi connectivity index (χ3n) is 3.15. The van der Waals surface area contributed by atoms with E-state index in [1.807, 2.05) is 5.38 Å². The van der Waals surface area contributed by atoms with E-state index in [-0.39, 0.29) is 11.6 Å². The zero-order valence-electron chi connectivity index (χ0n) is 11.1. The molecule has 0 spiro atoms. The average molecular weight is 325 g/mol. The van der Waals surface area contributed by atoms with E-state index in [1.54, 1.807) is 6.07 Å². The molecule has 110 valence electrons. The molecule has 5 nitrogen and oxygen atoms in total. The predicted octanol–water partition coefficient (Wildman–Crippen LogP) is 2.48. The average Bonchev–Trinajstić information content (AvgIpc) is 2.93. The highest BCUT2D eigenvalue weighted by molar-refractivity contribution is 7.93. The van der Waals surface area contributed by atoms with Gasteiger partial charge in [-0.15, -0.1) is 11.3 Å². The SMILES string of the molecule is CN1c2ccsc2/C(=N\Nc2ccc(F)cc2)CS1(=O)=O. The summed E-state index contributed by atoms with van der Waals surface area (Å²) in [7, 11) is -1.86. The molecule has 1 aliphatic rings. The number of thiophene rings is 1. The topological polar surface area (TPSA) is 61.8 Å². The van der Waals surface area contributed by atoms with Crippen LogP contribution in [-0.2, 0) is 10.0 Å². The fourth-order valence-corrected chi connectivity index (χ4v) is 4.25. The minimum atomic E-state index is -3.40. The van der Waals surface area contributed by atoms with Crippen molar-refractivity contribution in [1.29, 1.82) is 0 Å². The van der Waals surface area contributed by atoms with Gasteiger partial charge in [-0.25, -0.2) is 12.8 Å². The van der Waals surface area contributed by atoms with Gasteiger partial charge in [0.15, 0.2) is 0 Å². The van der Waals surface area contributed by atoms with E-state index >= 15 is 0 Å². The van der Waals surface area contributed by atoms with Gasteiger partial charge >= 0.3 is 0 Å². The molecular formula is C13H12FN3O2S2. The second-order valence-electron chi connectivity index (χ2n) is 4.54. The molecule has 0 radical (unpaired) electrons. The lowest BCUT2D eigenvalue weighted by Gasteiger charge is -2.25. The third-order valence-corrected chi connectivity index (χ3v) is 5.77. The Labute approximate surface area is 125 Å². The maximum atomic E-state index is 12.8. The van der Waals surface area contributed by atoms with Crippen LogP contribution in [0.5, 0.6) is 0 Å². The van der Waals surface area contributed by atoms with Crippen LogP contribution in [0.4, 0.5) is 15.8 Å². The lowest BCUT2D eigenvalue weighted by Crippen LogP contribution is -2.37. The molecule has 0 saturated heterocycles. The Morgan fingerprint density at radius 1 is 1.29 bits per heavy atom. The van der Waals surface area contributed by atoms with Crippen molar-refractivity contribution in [3.8, 4) is 0 Å². The van der Waals surface area contributed by atoms with Crippen LogP contribution in [0.1, 0.15) is 4.88 Å². The molecule has 1 aromatic heterocycles. The molecule has 0 bridgehead atoms. The molecule has 0 fully saturated rings. The summed E-state index contributed by atoms with van der Waals surface area (Å²) in [4.78, 5) is 0.821. The number of nitrogens with one attached hydrogen (secondary N) is 1. The molecule has 0 atom stereocenters. The number of nitrogens with zero attached hydrogens (tertiary/aromatic N) is 2. The quantitative estimate of drug-likeness (QED) is 0.863. The first kappa shape index (κ1) is 14.0. The lowest BCUT2D eigenvalue weighted by molar-refractivity contribution is 0.597. The molecule has 2 heterocycles. The van der Waals surface area contributed by atoms with Crippen molar-refractivity contribution in [3.05, 3.63) is 46.4 Å². The van der Waals surface area contributed by atoms with Crippen molar-refractivity contribution < 1.29 is 12.8 Å². The lowest BCUT2D eigenvalue weighted by atomic mass is 10.3. The number of fused-ring (bicyclic) bond motifs is 1. The number of halogens is 1. The number of sulfonamides is 1. The van der Waals surface area contributed by atoms with Crippen LogP contribution >= 0.6 is 11.3 Å². The molecule has 0 unspecified atom stereocenters. The van der Waals surface area contributed by atoms with E-state index in [0.717, 1.165) is 4.88 Å². The van der Waals surface area contributed by atoms with E-state index in [2.05, 4.69) is 10.5 Å². The van der Waals surface area contributed by atoms with Gasteiger partial charge in [0.1, 0.15) is 11.6 Å². The highest BCUT2D eigenvalue weighted by Gasteiger charge is 2.32. The molecule has 1 N–H and O–H groups in total. The second-order valence-corrected chi connectivity index (χ2v) is 7.45. The number of hydrogen-bond acceptors (Lipinski definition) is 5. The largest absolute Gasteiger partial charge is 0.278 e. The summed E-state index contributed by atoms with van der Waals surface area (Å²) in [6.07, 6.45) is 0. The van der Waals surface area contributed by atoms with Crippen molar-refractivity contribution in [2.24, 2.45) is 5.10 Å². The fraction of sp³-hybridized carbons (Fsp3) is 0.154. The molecule has 21 heavy (non-hydrogen) atoms. The van der Waals surface area contributed by atoms with Gasteiger partial charge in [-0.1, -0.05) is 0 Å². The minimum Gasteiger partial charge on any atom is -0.278 e. The van der Waals surface area contributed by atoms with Crippen LogP contribution < -0.4 is 9.73 Å². The Bertz CT molecular complexity index is 797. The van der Waals surface area contributed by atoms with Gasteiger partial charge in [0.2, 0.25) is 10.0 Å². The van der Waals surface area contributed by atoms with Gasteiger partial charge in [0.05, 0.1) is 22.0 Å². The first-order chi connectivity index (χ1) is 9.97. The van der Waals surface area contributed by atoms with Crippen molar-refractivity contribution in [3.63, 3.8) is 0 Å². The molecule has 1 aliphatic heterocycles. The summed E-state index contributed by atoms with van der Waals surface area (Å²) in [5.74, 6) is -0.499. The second kappa shape index (κ2) is 5.12. The highest BCUT2D eigenvalue weighted by Crippen LogP contribution is 2.32. The number of anilines is 2. The van der Waals surface area contributed by atoms with Crippen molar-refractivity contribution in [2.45, 2.75) is 0 Å². The van der Waals surface area contributed by atoms with Gasteiger partial charge in [0, 0.05) is 7.05 Å². The van der Waals surface area contributed by atoms with Gasteiger partial charge in [-0.05, 0) is 35.7 Å². The first-order valence-electron chi connectivity index (χ1n) is 6.10. The van der Waals surface area contributed by atoms with E-state index in [0.29, 0.717) is 17.1 Å². The van der Waals surface area contributed by atoms with Crippen molar-refractivity contribution in [1.82, 2.24) is 0 Å². The van der Waals surface area contributed by atoms with Crippen LogP contribution in [0.2, 0.25) is 0 Å². The number of rotatable bonds is 2. The Morgan fingerprint density at radius 3 is 2.71 bits per heavy atom. The summed E-state index contributed by atoms with van der Waals surface area (Å²) < 4.78 is 38.3. The van der Waals surface area contributed by atoms with E-state index in [1.165, 1.54) is 47.0 Å². The summed E-state index contributed by atoms with van der Waals surface area (Å²) in [6.45, 7) is 0. The standard InChI is InChI=1S/C13H12FN3O2S2/c1-17-12-6-7-20-13(12)11(8-21(17,18)19)16-15-10-4-2-9(14)3-5-10/h2-7,15H,8H2,1H3/b16-11-. The zero-order valence-corrected chi connectivity index (χ0v) is 12.7. The first-order valence-corrected chi connectivity index (χ1v) is 8.59. The molecule has 1 aromatic carbocycles. The Balaban J connectivity index is 1.94. The van der Waals surface area contributed by atoms with Crippen LogP contribution in [0, 0.1) is 5.82 Å². The van der Waals surface area contributed by atoms with Crippen molar-refractivity contribution >= 4 is 38.4 Å². The van der Waals surface area contributed by atoms with Crippen LogP contribution in [-0.4, -0.2) is 26.9 Å². The maximum absolute atomic E-state index is 12.8. The van der Waals surface area contributed by atoms with E-state index < -0.39 is 10.0 Å². The van der Waals surface area contributed by atoms with Crippen LogP contribution in [0.3, 0.4) is 0 Å². The van der Waals surface area contributed by atoms with Crippen LogP contribution in [0.15, 0.2) is 40.8 Å². The number of hydrazone groups is 1. The summed E-state index contributed by atoms with van der Waals surface area (Å²) in [5, 5.41) is 6.00. The molecule has 8 heteroatoms. The summed E-state index contributed by atoms with van der Waals surface area (Å²) in [5.41, 5.74) is 4.46.